The van der Waals surface area contributed by atoms with Crippen LogP contribution in [0.5, 0.6) is 5.75 Å². The summed E-state index contributed by atoms with van der Waals surface area (Å²) >= 11 is 0. The summed E-state index contributed by atoms with van der Waals surface area (Å²) in [6.07, 6.45) is 6.98. The molecule has 0 saturated heterocycles. The lowest BCUT2D eigenvalue weighted by Gasteiger charge is -2.25. The lowest BCUT2D eigenvalue weighted by molar-refractivity contribution is 0.0701. The minimum atomic E-state index is -0.916. The SMILES string of the molecule is O=C(c1ccc(-n2cnnn2)cc1)N1CCCCN(C(=O)c2ccc(F)cc2F)CCOc2cccc(c2)-c2nccn2CCC1. The zero-order valence-corrected chi connectivity index (χ0v) is 25.0. The lowest BCUT2D eigenvalue weighted by atomic mass is 10.1. The van der Waals surface area contributed by atoms with Gasteiger partial charge in [-0.3, -0.25) is 9.59 Å². The molecule has 2 bridgehead atoms. The van der Waals surface area contributed by atoms with Gasteiger partial charge in [0.1, 0.15) is 36.1 Å². The Balaban J connectivity index is 1.24. The molecule has 0 radical (unpaired) electrons. The van der Waals surface area contributed by atoms with Gasteiger partial charge in [0.25, 0.3) is 11.8 Å². The molecule has 3 heterocycles. The number of imidazole rings is 1. The van der Waals surface area contributed by atoms with Gasteiger partial charge in [0.15, 0.2) is 0 Å². The molecule has 2 amide bonds. The highest BCUT2D eigenvalue weighted by molar-refractivity contribution is 5.95. The number of carbonyl (C=O) groups is 2. The standard InChI is InChI=1S/C33H32F2N8O3/c34-26-9-12-29(30(35)22-26)33(45)42-15-2-1-14-41(32(44)24-7-10-27(11-8-24)43-23-37-38-39-43)17-4-16-40-18-13-36-31(40)25-5-3-6-28(21-25)46-20-19-42/h3,5-13,18,21-23H,1-2,4,14-17,19-20H2. The van der Waals surface area contributed by atoms with Crippen molar-refractivity contribution in [3.63, 3.8) is 0 Å². The molecule has 236 valence electrons. The Morgan fingerprint density at radius 3 is 2.35 bits per heavy atom. The third kappa shape index (κ3) is 7.09. The third-order valence-corrected chi connectivity index (χ3v) is 7.83. The van der Waals surface area contributed by atoms with E-state index < -0.39 is 17.5 Å². The van der Waals surface area contributed by atoms with Crippen LogP contribution in [0.2, 0.25) is 0 Å². The minimum Gasteiger partial charge on any atom is -0.492 e. The predicted octanol–water partition coefficient (Wildman–Crippen LogP) is 4.65. The molecule has 1 aliphatic rings. The summed E-state index contributed by atoms with van der Waals surface area (Å²) in [6.45, 7) is 2.25. The maximum absolute atomic E-state index is 14.6. The topological polar surface area (TPSA) is 111 Å². The maximum atomic E-state index is 14.6. The number of benzene rings is 3. The van der Waals surface area contributed by atoms with Crippen LogP contribution >= 0.6 is 0 Å². The summed E-state index contributed by atoms with van der Waals surface area (Å²) in [5.41, 5.74) is 1.92. The summed E-state index contributed by atoms with van der Waals surface area (Å²) in [6, 6.07) is 17.5. The van der Waals surface area contributed by atoms with Crippen molar-refractivity contribution < 1.29 is 23.1 Å². The lowest BCUT2D eigenvalue weighted by Crippen LogP contribution is -2.37. The van der Waals surface area contributed by atoms with E-state index in [9.17, 15) is 18.4 Å². The highest BCUT2D eigenvalue weighted by Crippen LogP contribution is 2.24. The largest absolute Gasteiger partial charge is 0.492 e. The smallest absolute Gasteiger partial charge is 0.256 e. The van der Waals surface area contributed by atoms with E-state index in [2.05, 4.69) is 25.1 Å². The van der Waals surface area contributed by atoms with Crippen LogP contribution in [0.1, 0.15) is 40.0 Å². The number of aryl methyl sites for hydroxylation is 1. The number of nitrogens with zero attached hydrogens (tertiary/aromatic N) is 8. The molecule has 0 atom stereocenters. The van der Waals surface area contributed by atoms with Gasteiger partial charge in [0.2, 0.25) is 0 Å². The minimum absolute atomic E-state index is 0.116. The van der Waals surface area contributed by atoms with E-state index in [-0.39, 0.29) is 24.6 Å². The number of amides is 2. The van der Waals surface area contributed by atoms with E-state index >= 15 is 0 Å². The molecular formula is C33H32F2N8O3. The molecule has 5 aromatic rings. The molecule has 2 aromatic heterocycles. The zero-order valence-electron chi connectivity index (χ0n) is 25.0. The molecule has 0 unspecified atom stereocenters. The van der Waals surface area contributed by atoms with Gasteiger partial charge in [0.05, 0.1) is 17.8 Å². The van der Waals surface area contributed by atoms with E-state index in [1.165, 1.54) is 15.9 Å². The van der Waals surface area contributed by atoms with Gasteiger partial charge >= 0.3 is 0 Å². The monoisotopic (exact) mass is 626 g/mol. The summed E-state index contributed by atoms with van der Waals surface area (Å²) in [4.78, 5) is 35.0. The number of hydrogen-bond donors (Lipinski definition) is 0. The van der Waals surface area contributed by atoms with Crippen molar-refractivity contribution in [2.24, 2.45) is 0 Å². The Bertz CT molecular complexity index is 1790. The molecular weight excluding hydrogens is 594 g/mol. The van der Waals surface area contributed by atoms with E-state index in [0.717, 1.165) is 29.2 Å². The van der Waals surface area contributed by atoms with E-state index in [0.29, 0.717) is 62.8 Å². The zero-order chi connectivity index (χ0) is 31.9. The van der Waals surface area contributed by atoms with Gasteiger partial charge < -0.3 is 19.1 Å². The molecule has 1 aliphatic heterocycles. The number of hydrogen-bond acceptors (Lipinski definition) is 7. The first-order valence-electron chi connectivity index (χ1n) is 15.1. The van der Waals surface area contributed by atoms with Gasteiger partial charge in [-0.15, -0.1) is 5.10 Å². The number of carbonyl (C=O) groups excluding carboxylic acids is 2. The van der Waals surface area contributed by atoms with Crippen LogP contribution in [-0.4, -0.2) is 84.2 Å². The number of fused-ring (bicyclic) bond motifs is 4. The summed E-state index contributed by atoms with van der Waals surface area (Å²) in [5, 5.41) is 11.2. The predicted molar refractivity (Wildman–Crippen MR) is 164 cm³/mol. The van der Waals surface area contributed by atoms with Gasteiger partial charge in [-0.05, 0) is 78.2 Å². The first kappa shape index (κ1) is 30.6. The normalized spacial score (nSPS) is 14.7. The first-order chi connectivity index (χ1) is 22.5. The molecule has 0 N–H and O–H groups in total. The quantitative estimate of drug-likeness (QED) is 0.287. The second-order valence-corrected chi connectivity index (χ2v) is 10.9. The fourth-order valence-electron chi connectivity index (χ4n) is 5.47. The molecule has 0 spiro atoms. The Hall–Kier alpha value is -5.46. The average molecular weight is 627 g/mol. The van der Waals surface area contributed by atoms with E-state index in [4.69, 9.17) is 4.74 Å². The highest BCUT2D eigenvalue weighted by atomic mass is 19.1. The fourth-order valence-corrected chi connectivity index (χ4v) is 5.47. The van der Waals surface area contributed by atoms with Crippen LogP contribution in [-0.2, 0) is 6.54 Å². The van der Waals surface area contributed by atoms with E-state index in [1.807, 2.05) is 35.4 Å². The molecule has 0 aliphatic carbocycles. The van der Waals surface area contributed by atoms with Crippen molar-refractivity contribution in [3.05, 3.63) is 108 Å². The molecule has 13 heteroatoms. The number of rotatable bonds is 3. The maximum Gasteiger partial charge on any atom is 0.256 e. The average Bonchev–Trinajstić information content (AvgIpc) is 3.77. The first-order valence-corrected chi connectivity index (χ1v) is 15.1. The number of tetrazole rings is 1. The number of aromatic nitrogens is 6. The summed E-state index contributed by atoms with van der Waals surface area (Å²) < 4.78 is 37.7. The van der Waals surface area contributed by atoms with Gasteiger partial charge in [-0.1, -0.05) is 12.1 Å². The Morgan fingerprint density at radius 2 is 1.59 bits per heavy atom. The second-order valence-electron chi connectivity index (χ2n) is 10.9. The highest BCUT2D eigenvalue weighted by Gasteiger charge is 2.21. The fraction of sp³-hybridized carbons (Fsp3) is 0.273. The third-order valence-electron chi connectivity index (χ3n) is 7.83. The van der Waals surface area contributed by atoms with Gasteiger partial charge in [-0.25, -0.2) is 18.4 Å². The Kier molecular flexibility index (Phi) is 9.37. The van der Waals surface area contributed by atoms with Crippen LogP contribution in [0.25, 0.3) is 17.1 Å². The van der Waals surface area contributed by atoms with Crippen LogP contribution in [0.4, 0.5) is 8.78 Å². The Morgan fingerprint density at radius 1 is 0.804 bits per heavy atom. The molecule has 6 rings (SSSR count). The molecule has 11 nitrogen and oxygen atoms in total. The van der Waals surface area contributed by atoms with Crippen molar-refractivity contribution in [3.8, 4) is 22.8 Å². The van der Waals surface area contributed by atoms with E-state index in [1.54, 1.807) is 30.5 Å². The molecule has 0 saturated carbocycles. The van der Waals surface area contributed by atoms with Crippen LogP contribution in [0, 0.1) is 11.6 Å². The number of halogens is 2. The summed E-state index contributed by atoms with van der Waals surface area (Å²) in [5.74, 6) is -0.953. The molecule has 46 heavy (non-hydrogen) atoms. The second kappa shape index (κ2) is 14.1. The Labute approximate surface area is 264 Å². The van der Waals surface area contributed by atoms with Crippen LogP contribution < -0.4 is 4.74 Å². The van der Waals surface area contributed by atoms with Crippen molar-refractivity contribution in [2.75, 3.05) is 32.8 Å². The van der Waals surface area contributed by atoms with Gasteiger partial charge in [0, 0.05) is 55.8 Å². The van der Waals surface area contributed by atoms with Crippen molar-refractivity contribution in [1.29, 1.82) is 0 Å². The van der Waals surface area contributed by atoms with Crippen LogP contribution in [0.3, 0.4) is 0 Å². The van der Waals surface area contributed by atoms with Crippen LogP contribution in [0.15, 0.2) is 85.5 Å². The summed E-state index contributed by atoms with van der Waals surface area (Å²) in [7, 11) is 0. The molecule has 0 fully saturated rings. The number of ether oxygens (including phenoxy) is 1. The van der Waals surface area contributed by atoms with Crippen molar-refractivity contribution in [2.45, 2.75) is 25.8 Å². The van der Waals surface area contributed by atoms with Crippen molar-refractivity contribution in [1.82, 2.24) is 39.6 Å². The molecule has 3 aromatic carbocycles. The van der Waals surface area contributed by atoms with Crippen molar-refractivity contribution >= 4 is 11.8 Å². The van der Waals surface area contributed by atoms with Gasteiger partial charge in [-0.2, -0.15) is 0 Å².